The van der Waals surface area contributed by atoms with Crippen LogP contribution in [-0.2, 0) is 19.1 Å². The molecule has 0 aromatic rings. The Morgan fingerprint density at radius 3 is 2.00 bits per heavy atom. The van der Waals surface area contributed by atoms with Gasteiger partial charge in [0.25, 0.3) is 6.47 Å². The minimum absolute atomic E-state index is 0. The van der Waals surface area contributed by atoms with Gasteiger partial charge in [0.1, 0.15) is 12.6 Å². The third kappa shape index (κ3) is 21.8. The van der Waals surface area contributed by atoms with Crippen molar-refractivity contribution in [2.45, 2.75) is 167 Å². The fourth-order valence-electron chi connectivity index (χ4n) is 8.24. The number of unbranched alkanes of at least 4 members (excludes halogenated alkanes) is 2. The van der Waals surface area contributed by atoms with Crippen molar-refractivity contribution in [3.8, 4) is 0 Å². The minimum atomic E-state index is -4.15. The Labute approximate surface area is 308 Å². The first-order chi connectivity index (χ1) is 24.4. The summed E-state index contributed by atoms with van der Waals surface area (Å²) in [7, 11) is 1.50. The molecule has 4 fully saturated rings. The molecule has 0 radical (unpaired) electrons. The van der Waals surface area contributed by atoms with E-state index in [4.69, 9.17) is 19.4 Å². The van der Waals surface area contributed by atoms with Gasteiger partial charge in [-0.05, 0) is 127 Å². The predicted octanol–water partition coefficient (Wildman–Crippen LogP) is 8.52. The summed E-state index contributed by atoms with van der Waals surface area (Å²) in [5.41, 5.74) is 4.50. The summed E-state index contributed by atoms with van der Waals surface area (Å²) in [4.78, 5) is 28.8. The normalized spacial score (nSPS) is 29.9. The third-order valence-electron chi connectivity index (χ3n) is 10.8. The van der Waals surface area contributed by atoms with Crippen LogP contribution < -0.4 is 11.1 Å². The maximum absolute atomic E-state index is 13.7. The molecule has 310 valence electrons. The molecule has 0 aromatic carbocycles. The zero-order valence-corrected chi connectivity index (χ0v) is 31.8. The molecule has 0 amide bonds. The molecule has 7 atom stereocenters. The maximum atomic E-state index is 13.7. The number of rotatable bonds is 13. The van der Waals surface area contributed by atoms with Crippen molar-refractivity contribution in [2.75, 3.05) is 20.1 Å². The molecule has 4 rings (SSSR count). The fourth-order valence-corrected chi connectivity index (χ4v) is 8.24. The lowest BCUT2D eigenvalue weighted by molar-refractivity contribution is -0.201. The predicted molar refractivity (Wildman–Crippen MR) is 193 cm³/mol. The quantitative estimate of drug-likeness (QED) is 0.0832. The van der Waals surface area contributed by atoms with Crippen LogP contribution in [0, 0.1) is 35.5 Å². The van der Waals surface area contributed by atoms with E-state index in [0.717, 1.165) is 57.8 Å². The van der Waals surface area contributed by atoms with Gasteiger partial charge in [0.2, 0.25) is 6.43 Å². The van der Waals surface area contributed by atoms with Crippen molar-refractivity contribution in [3.63, 3.8) is 0 Å². The molecule has 7 unspecified atom stereocenters. The molecule has 3 aliphatic carbocycles. The van der Waals surface area contributed by atoms with Crippen LogP contribution in [0.1, 0.15) is 136 Å². The van der Waals surface area contributed by atoms with Gasteiger partial charge in [-0.15, -0.1) is 0 Å². The Hall–Kier alpha value is -1.77. The van der Waals surface area contributed by atoms with E-state index in [1.165, 1.54) is 33.0 Å². The van der Waals surface area contributed by atoms with Crippen molar-refractivity contribution in [3.05, 3.63) is 0 Å². The summed E-state index contributed by atoms with van der Waals surface area (Å²) in [6.07, 6.45) is 6.38. The summed E-state index contributed by atoms with van der Waals surface area (Å²) >= 11 is 0. The summed E-state index contributed by atoms with van der Waals surface area (Å²) in [6.45, 7) is 8.20. The highest BCUT2D eigenvalue weighted by Gasteiger charge is 2.45. The molecule has 3 saturated carbocycles. The number of carboxylic acid groups (broad SMARTS) is 1. The Bertz CT molecular complexity index is 870. The number of alkyl halides is 5. The number of nitrogens with two attached hydrogens (primary N) is 1. The van der Waals surface area contributed by atoms with Gasteiger partial charge in [-0.3, -0.25) is 14.3 Å². The maximum Gasteiger partial charge on any atom is 0.391 e. The Balaban J connectivity index is 0. The second-order valence-electron chi connectivity index (χ2n) is 14.7. The van der Waals surface area contributed by atoms with Gasteiger partial charge in [-0.1, -0.05) is 39.5 Å². The molecule has 52 heavy (non-hydrogen) atoms. The Kier molecular flexibility index (Phi) is 30.7. The first kappa shape index (κ1) is 52.3. The summed E-state index contributed by atoms with van der Waals surface area (Å²) in [5, 5.41) is 21.1. The lowest BCUT2D eigenvalue weighted by atomic mass is 9.69. The van der Waals surface area contributed by atoms with E-state index in [1.54, 1.807) is 0 Å². The van der Waals surface area contributed by atoms with Crippen molar-refractivity contribution >= 4 is 19.0 Å². The van der Waals surface area contributed by atoms with E-state index in [1.807, 2.05) is 13.7 Å². The largest absolute Gasteiger partial charge is 0.483 e. The number of halogens is 6. The highest BCUT2D eigenvalue weighted by Crippen LogP contribution is 2.43. The third-order valence-corrected chi connectivity index (χ3v) is 10.8. The minimum Gasteiger partial charge on any atom is -0.483 e. The fraction of sp³-hybridized carbons (Fsp3) is 0.921. The Morgan fingerprint density at radius 2 is 1.50 bits per heavy atom. The number of carbonyl (C=O) groups excluding carboxylic acids is 2. The highest BCUT2D eigenvalue weighted by molar-refractivity contribution is 5.78. The smallest absolute Gasteiger partial charge is 0.391 e. The summed E-state index contributed by atoms with van der Waals surface area (Å²) in [6, 6.07) is 0. The second kappa shape index (κ2) is 30.5. The lowest BCUT2D eigenvalue weighted by Gasteiger charge is -2.39. The molecule has 1 aliphatic heterocycles. The molecule has 5 N–H and O–H groups in total. The molecular formula is C38H70F6N2O6. The number of ether oxygens (including phenoxy) is 1. The average molecular weight is 765 g/mol. The number of aliphatic hydroxyl groups excluding tert-OH is 1. The van der Waals surface area contributed by atoms with Crippen molar-refractivity contribution in [2.24, 2.45) is 41.2 Å². The van der Waals surface area contributed by atoms with Crippen LogP contribution >= 0.6 is 0 Å². The van der Waals surface area contributed by atoms with Crippen LogP contribution in [0.3, 0.4) is 0 Å². The van der Waals surface area contributed by atoms with Gasteiger partial charge < -0.3 is 30.8 Å². The zero-order chi connectivity index (χ0) is 38.8. The standard InChI is InChI=1S/C31H51F5O3.C4H9N.CH5N.CH2O2.CH2O.FH/c1-3-4-5-9-26(37)18-23-17-24(30(32)33)16-22(29(23)38)8-6-7-21-10-12-27(13-11-21)39-28-15-20(2)14-25(19-28)31(34,35)36;1-2-4-5-3-1;1-2;2-1-3;1-2;/h20-25,27-30,38H,3-19H2,1-2H3;5H,1-4H2;2H2,1H3;1H,(H,2,3);1H2;1H. The zero-order valence-electron chi connectivity index (χ0n) is 31.8. The van der Waals surface area contributed by atoms with E-state index in [-0.39, 0.29) is 72.6 Å². The van der Waals surface area contributed by atoms with Crippen LogP contribution in [0.4, 0.5) is 26.7 Å². The van der Waals surface area contributed by atoms with Crippen LogP contribution in [0.15, 0.2) is 0 Å². The number of aliphatic hydroxyl groups is 1. The molecule has 0 aromatic heterocycles. The number of hydrogen-bond donors (Lipinski definition) is 4. The van der Waals surface area contributed by atoms with E-state index in [2.05, 4.69) is 18.0 Å². The number of nitrogens with one attached hydrogen (secondary N) is 1. The molecule has 4 aliphatic rings. The van der Waals surface area contributed by atoms with Gasteiger partial charge in [0.15, 0.2) is 0 Å². The van der Waals surface area contributed by atoms with Crippen molar-refractivity contribution in [1.29, 1.82) is 0 Å². The molecule has 0 bridgehead atoms. The molecule has 8 nitrogen and oxygen atoms in total. The SMILES string of the molecule is C1CCNC1.C=O.CCCCCC(=O)CC1CC(C(F)F)CC(CCCC2CCC(OC3CC(C)CC(C(F)(F)F)C3)CC2)C1O.CN.F.O=CO. The highest BCUT2D eigenvalue weighted by atomic mass is 19.4. The molecule has 14 heteroatoms. The van der Waals surface area contributed by atoms with Crippen LogP contribution in [0.5, 0.6) is 0 Å². The van der Waals surface area contributed by atoms with Gasteiger partial charge >= 0.3 is 6.18 Å². The second-order valence-corrected chi connectivity index (χ2v) is 14.7. The van der Waals surface area contributed by atoms with E-state index in [0.29, 0.717) is 31.6 Å². The first-order valence-electron chi connectivity index (χ1n) is 19.2. The Morgan fingerprint density at radius 1 is 0.923 bits per heavy atom. The summed E-state index contributed by atoms with van der Waals surface area (Å²) in [5.74, 6) is -1.98. The number of carbonyl (C=O) groups is 3. The monoisotopic (exact) mass is 765 g/mol. The van der Waals surface area contributed by atoms with Crippen molar-refractivity contribution in [1.82, 2.24) is 5.32 Å². The average Bonchev–Trinajstić information content (AvgIpc) is 3.69. The van der Waals surface area contributed by atoms with Gasteiger partial charge in [0.05, 0.1) is 24.2 Å². The molecular weight excluding hydrogens is 694 g/mol. The van der Waals surface area contributed by atoms with E-state index < -0.39 is 30.5 Å². The van der Waals surface area contributed by atoms with Gasteiger partial charge in [0, 0.05) is 18.8 Å². The molecule has 1 saturated heterocycles. The molecule has 0 spiro atoms. The van der Waals surface area contributed by atoms with E-state index >= 15 is 0 Å². The number of Topliss-reactive ketones (excluding diaryl/α,β-unsaturated/α-hetero) is 1. The van der Waals surface area contributed by atoms with Crippen LogP contribution in [0.25, 0.3) is 0 Å². The van der Waals surface area contributed by atoms with Crippen LogP contribution in [-0.4, -0.2) is 80.3 Å². The summed E-state index contributed by atoms with van der Waals surface area (Å²) < 4.78 is 73.3. The first-order valence-corrected chi connectivity index (χ1v) is 19.2. The van der Waals surface area contributed by atoms with Gasteiger partial charge in [-0.25, -0.2) is 8.78 Å². The van der Waals surface area contributed by atoms with Gasteiger partial charge in [-0.2, -0.15) is 13.2 Å². The van der Waals surface area contributed by atoms with Crippen molar-refractivity contribution < 1.29 is 56.0 Å². The molecule has 1 heterocycles. The van der Waals surface area contributed by atoms with E-state index in [9.17, 15) is 31.9 Å². The number of hydrogen-bond acceptors (Lipinski definition) is 7. The topological polar surface area (TPSA) is 139 Å². The number of ketones is 1. The lowest BCUT2D eigenvalue weighted by Crippen LogP contribution is -2.40. The van der Waals surface area contributed by atoms with Crippen LogP contribution in [0.2, 0.25) is 0 Å².